The van der Waals surface area contributed by atoms with Gasteiger partial charge in [0.1, 0.15) is 5.82 Å². The van der Waals surface area contributed by atoms with Crippen molar-refractivity contribution < 1.29 is 18.6 Å². The average Bonchev–Trinajstić information content (AvgIpc) is 2.05. The van der Waals surface area contributed by atoms with Crippen LogP contribution < -0.4 is 4.74 Å². The van der Waals surface area contributed by atoms with E-state index in [2.05, 4.69) is 4.74 Å². The summed E-state index contributed by atoms with van der Waals surface area (Å²) in [5.74, 6) is -1.61. The Balaban J connectivity index is 3.18. The fourth-order valence-electron chi connectivity index (χ4n) is 0.849. The van der Waals surface area contributed by atoms with Gasteiger partial charge in [-0.1, -0.05) is 0 Å². The summed E-state index contributed by atoms with van der Waals surface area (Å²) in [6.07, 6.45) is 0. The van der Waals surface area contributed by atoms with E-state index in [1.54, 1.807) is 0 Å². The van der Waals surface area contributed by atoms with Crippen LogP contribution in [0.3, 0.4) is 0 Å². The van der Waals surface area contributed by atoms with Crippen LogP contribution in [0.5, 0.6) is 5.75 Å². The lowest BCUT2D eigenvalue weighted by atomic mass is 10.2. The molecule has 0 bridgehead atoms. The first-order valence-corrected chi connectivity index (χ1v) is 3.31. The van der Waals surface area contributed by atoms with Crippen molar-refractivity contribution in [2.24, 2.45) is 0 Å². The lowest BCUT2D eigenvalue weighted by Gasteiger charge is -2.04. The normalized spacial score (nSPS) is 10.0. The molecule has 0 amide bonds. The Bertz CT molecular complexity index is 261. The minimum atomic E-state index is -0.771. The lowest BCUT2D eigenvalue weighted by molar-refractivity contribution is 0.273. The molecule has 0 radical (unpaired) electrons. The molecule has 1 aromatic carbocycles. The number of benzene rings is 1. The number of ether oxygens (including phenoxy) is 1. The highest BCUT2D eigenvalue weighted by Crippen LogP contribution is 2.20. The van der Waals surface area contributed by atoms with Gasteiger partial charge in [0.2, 0.25) is 0 Å². The molecule has 0 aliphatic heterocycles. The van der Waals surface area contributed by atoms with Crippen LogP contribution in [-0.4, -0.2) is 12.2 Å². The molecule has 0 fully saturated rings. The zero-order chi connectivity index (χ0) is 9.14. The number of rotatable bonds is 2. The molecule has 2 nitrogen and oxygen atoms in total. The zero-order valence-electron chi connectivity index (χ0n) is 6.47. The summed E-state index contributed by atoms with van der Waals surface area (Å²) in [4.78, 5) is 0. The summed E-state index contributed by atoms with van der Waals surface area (Å²) < 4.78 is 30.0. The van der Waals surface area contributed by atoms with E-state index in [4.69, 9.17) is 5.11 Å². The van der Waals surface area contributed by atoms with Crippen LogP contribution in [0.4, 0.5) is 8.78 Å². The summed E-state index contributed by atoms with van der Waals surface area (Å²) in [5, 5.41) is 8.61. The molecule has 0 saturated heterocycles. The first kappa shape index (κ1) is 8.93. The second kappa shape index (κ2) is 3.49. The Hall–Kier alpha value is -1.16. The summed E-state index contributed by atoms with van der Waals surface area (Å²) in [6.45, 7) is -0.470. The Morgan fingerprint density at radius 3 is 2.50 bits per heavy atom. The number of hydrogen-bond donors (Lipinski definition) is 1. The molecule has 0 saturated carbocycles. The van der Waals surface area contributed by atoms with Crippen LogP contribution in [-0.2, 0) is 6.61 Å². The molecule has 0 unspecified atom stereocenters. The van der Waals surface area contributed by atoms with E-state index in [0.29, 0.717) is 6.07 Å². The molecule has 1 aromatic rings. The molecule has 0 aliphatic carbocycles. The summed E-state index contributed by atoms with van der Waals surface area (Å²) in [5.41, 5.74) is 0.0215. The van der Waals surface area contributed by atoms with Crippen LogP contribution in [0.1, 0.15) is 5.56 Å². The Morgan fingerprint density at radius 2 is 2.00 bits per heavy atom. The standard InChI is InChI=1S/C8H8F2O2/c1-12-8-2-5(4-11)6(9)3-7(8)10/h2-3,11H,4H2,1H3. The number of hydrogen-bond acceptors (Lipinski definition) is 2. The van der Waals surface area contributed by atoms with E-state index >= 15 is 0 Å². The van der Waals surface area contributed by atoms with E-state index < -0.39 is 18.2 Å². The molecular weight excluding hydrogens is 166 g/mol. The average molecular weight is 174 g/mol. The van der Waals surface area contributed by atoms with Gasteiger partial charge in [-0.25, -0.2) is 8.78 Å². The maximum atomic E-state index is 12.7. The number of aliphatic hydroxyl groups excluding tert-OH is 1. The monoisotopic (exact) mass is 174 g/mol. The highest BCUT2D eigenvalue weighted by Gasteiger charge is 2.08. The van der Waals surface area contributed by atoms with E-state index in [0.717, 1.165) is 6.07 Å². The summed E-state index contributed by atoms with van der Waals surface area (Å²) in [6, 6.07) is 1.81. The van der Waals surface area contributed by atoms with Crippen LogP contribution in [0.2, 0.25) is 0 Å². The second-order valence-corrected chi connectivity index (χ2v) is 2.24. The van der Waals surface area contributed by atoms with Crippen molar-refractivity contribution in [2.45, 2.75) is 6.61 Å². The third-order valence-electron chi connectivity index (χ3n) is 1.49. The topological polar surface area (TPSA) is 29.5 Å². The quantitative estimate of drug-likeness (QED) is 0.735. The molecule has 0 spiro atoms. The zero-order valence-corrected chi connectivity index (χ0v) is 6.47. The van der Waals surface area contributed by atoms with Gasteiger partial charge in [0.05, 0.1) is 13.7 Å². The first-order chi connectivity index (χ1) is 5.69. The van der Waals surface area contributed by atoms with Crippen LogP contribution >= 0.6 is 0 Å². The molecule has 0 aromatic heterocycles. The van der Waals surface area contributed by atoms with E-state index in [1.165, 1.54) is 7.11 Å². The largest absolute Gasteiger partial charge is 0.494 e. The Kier molecular flexibility index (Phi) is 2.60. The van der Waals surface area contributed by atoms with Gasteiger partial charge >= 0.3 is 0 Å². The van der Waals surface area contributed by atoms with Crippen molar-refractivity contribution in [1.82, 2.24) is 0 Å². The predicted octanol–water partition coefficient (Wildman–Crippen LogP) is 1.47. The summed E-state index contributed by atoms with van der Waals surface area (Å²) in [7, 11) is 1.28. The van der Waals surface area contributed by atoms with Crippen molar-refractivity contribution in [1.29, 1.82) is 0 Å². The van der Waals surface area contributed by atoms with Gasteiger partial charge in [-0.05, 0) is 6.07 Å². The van der Waals surface area contributed by atoms with Gasteiger partial charge in [0.15, 0.2) is 11.6 Å². The smallest absolute Gasteiger partial charge is 0.167 e. The molecule has 4 heteroatoms. The third kappa shape index (κ3) is 1.53. The van der Waals surface area contributed by atoms with Crippen molar-refractivity contribution in [3.05, 3.63) is 29.3 Å². The van der Waals surface area contributed by atoms with Crippen molar-refractivity contribution in [2.75, 3.05) is 7.11 Å². The summed E-state index contributed by atoms with van der Waals surface area (Å²) >= 11 is 0. The minimum absolute atomic E-state index is 0.0215. The molecular formula is C8H8F2O2. The van der Waals surface area contributed by atoms with Crippen molar-refractivity contribution in [3.8, 4) is 5.75 Å². The Morgan fingerprint density at radius 1 is 1.33 bits per heavy atom. The highest BCUT2D eigenvalue weighted by atomic mass is 19.1. The van der Waals surface area contributed by atoms with Crippen molar-refractivity contribution >= 4 is 0 Å². The molecule has 0 atom stereocenters. The van der Waals surface area contributed by atoms with Crippen molar-refractivity contribution in [3.63, 3.8) is 0 Å². The second-order valence-electron chi connectivity index (χ2n) is 2.24. The molecule has 66 valence electrons. The molecule has 0 aliphatic rings. The molecule has 1 N–H and O–H groups in total. The van der Waals surface area contributed by atoms with Crippen LogP contribution in [0.25, 0.3) is 0 Å². The van der Waals surface area contributed by atoms with E-state index in [-0.39, 0.29) is 11.3 Å². The molecule has 1 rings (SSSR count). The van der Waals surface area contributed by atoms with Gasteiger partial charge in [-0.3, -0.25) is 0 Å². The van der Waals surface area contributed by atoms with Gasteiger partial charge in [0, 0.05) is 11.6 Å². The van der Waals surface area contributed by atoms with Gasteiger partial charge in [0.25, 0.3) is 0 Å². The van der Waals surface area contributed by atoms with Gasteiger partial charge in [-0.15, -0.1) is 0 Å². The SMILES string of the molecule is COc1cc(CO)c(F)cc1F. The number of methoxy groups -OCH3 is 1. The van der Waals surface area contributed by atoms with Gasteiger partial charge in [-0.2, -0.15) is 0 Å². The fourth-order valence-corrected chi connectivity index (χ4v) is 0.849. The molecule has 12 heavy (non-hydrogen) atoms. The highest BCUT2D eigenvalue weighted by molar-refractivity contribution is 5.31. The van der Waals surface area contributed by atoms with Crippen LogP contribution in [0, 0.1) is 11.6 Å². The van der Waals surface area contributed by atoms with Crippen LogP contribution in [0.15, 0.2) is 12.1 Å². The van der Waals surface area contributed by atoms with E-state index in [1.807, 2.05) is 0 Å². The lowest BCUT2D eigenvalue weighted by Crippen LogP contribution is -1.95. The Labute approximate surface area is 68.4 Å². The number of halogens is 2. The van der Waals surface area contributed by atoms with Gasteiger partial charge < -0.3 is 9.84 Å². The fraction of sp³-hybridized carbons (Fsp3) is 0.250. The molecule has 0 heterocycles. The maximum Gasteiger partial charge on any atom is 0.167 e. The van der Waals surface area contributed by atoms with E-state index in [9.17, 15) is 8.78 Å². The number of aliphatic hydroxyl groups is 1. The third-order valence-corrected chi connectivity index (χ3v) is 1.49. The predicted molar refractivity (Wildman–Crippen MR) is 38.8 cm³/mol. The maximum absolute atomic E-state index is 12.7. The first-order valence-electron chi connectivity index (χ1n) is 3.31. The minimum Gasteiger partial charge on any atom is -0.494 e.